The lowest BCUT2D eigenvalue weighted by molar-refractivity contribution is -0.118. The molecule has 5 heteroatoms. The molecule has 1 amide bonds. The Kier molecular flexibility index (Phi) is 6.11. The number of aryl methyl sites for hydroxylation is 1. The van der Waals surface area contributed by atoms with E-state index in [4.69, 9.17) is 10.6 Å². The first-order valence-corrected chi connectivity index (χ1v) is 11.1. The number of piperidine rings is 1. The van der Waals surface area contributed by atoms with Crippen LogP contribution in [0.25, 0.3) is 0 Å². The maximum atomic E-state index is 12.3. The van der Waals surface area contributed by atoms with E-state index in [1.54, 1.807) is 4.90 Å². The van der Waals surface area contributed by atoms with Crippen molar-refractivity contribution < 1.29 is 9.53 Å². The van der Waals surface area contributed by atoms with Gasteiger partial charge in [-0.05, 0) is 74.3 Å². The van der Waals surface area contributed by atoms with Crippen LogP contribution >= 0.6 is 0 Å². The summed E-state index contributed by atoms with van der Waals surface area (Å²) in [7, 11) is 1.88. The van der Waals surface area contributed by atoms with Gasteiger partial charge in [0.05, 0.1) is 12.1 Å². The van der Waals surface area contributed by atoms with Crippen LogP contribution in [-0.4, -0.2) is 30.6 Å². The molecule has 0 radical (unpaired) electrons. The summed E-state index contributed by atoms with van der Waals surface area (Å²) in [5.74, 6) is 8.00. The average Bonchev–Trinajstić information content (AvgIpc) is 2.72. The summed E-state index contributed by atoms with van der Waals surface area (Å²) in [4.78, 5) is 14.1. The van der Waals surface area contributed by atoms with Crippen molar-refractivity contribution in [1.82, 2.24) is 5.01 Å². The second-order valence-electron chi connectivity index (χ2n) is 8.91. The summed E-state index contributed by atoms with van der Waals surface area (Å²) >= 11 is 0. The predicted molar refractivity (Wildman–Crippen MR) is 120 cm³/mol. The Morgan fingerprint density at radius 1 is 1.17 bits per heavy atom. The summed E-state index contributed by atoms with van der Waals surface area (Å²) < 4.78 is 6.23. The van der Waals surface area contributed by atoms with Crippen molar-refractivity contribution in [3.05, 3.63) is 59.2 Å². The van der Waals surface area contributed by atoms with Gasteiger partial charge in [0.2, 0.25) is 5.91 Å². The van der Waals surface area contributed by atoms with E-state index in [9.17, 15) is 4.79 Å². The highest BCUT2D eigenvalue weighted by atomic mass is 16.5. The fraction of sp³-hybridized carbons (Fsp3) is 0.480. The zero-order chi connectivity index (χ0) is 21.3. The molecule has 5 nitrogen and oxygen atoms in total. The van der Waals surface area contributed by atoms with Crippen molar-refractivity contribution in [2.45, 2.75) is 58.1 Å². The number of ether oxygens (including phenoxy) is 1. The van der Waals surface area contributed by atoms with Gasteiger partial charge < -0.3 is 9.64 Å². The van der Waals surface area contributed by atoms with Crippen LogP contribution in [0.3, 0.4) is 0 Å². The summed E-state index contributed by atoms with van der Waals surface area (Å²) in [6, 6.07) is 15.1. The molecule has 2 unspecified atom stereocenters. The van der Waals surface area contributed by atoms with Crippen molar-refractivity contribution in [1.29, 1.82) is 0 Å². The highest BCUT2D eigenvalue weighted by Crippen LogP contribution is 2.40. The van der Waals surface area contributed by atoms with Crippen LogP contribution in [0.15, 0.2) is 42.5 Å². The van der Waals surface area contributed by atoms with Gasteiger partial charge in [0.25, 0.3) is 0 Å². The van der Waals surface area contributed by atoms with E-state index in [-0.39, 0.29) is 18.1 Å². The molecule has 0 bridgehead atoms. The first-order chi connectivity index (χ1) is 14.4. The van der Waals surface area contributed by atoms with Crippen LogP contribution in [0.4, 0.5) is 5.69 Å². The number of benzene rings is 2. The average molecular weight is 408 g/mol. The van der Waals surface area contributed by atoms with Gasteiger partial charge in [-0.25, -0.2) is 5.01 Å². The number of carbonyl (C=O) groups excluding carboxylic acids is 1. The minimum atomic E-state index is 0.104. The molecule has 0 aliphatic carbocycles. The number of nitrogens with zero attached hydrogens (tertiary/aromatic N) is 2. The van der Waals surface area contributed by atoms with Gasteiger partial charge in [-0.1, -0.05) is 30.3 Å². The topological polar surface area (TPSA) is 58.8 Å². The smallest absolute Gasteiger partial charge is 0.227 e. The first kappa shape index (κ1) is 20.9. The van der Waals surface area contributed by atoms with Gasteiger partial charge in [-0.3, -0.25) is 10.6 Å². The Balaban J connectivity index is 1.70. The molecule has 0 spiro atoms. The van der Waals surface area contributed by atoms with Gasteiger partial charge in [0, 0.05) is 25.7 Å². The molecule has 2 aliphatic rings. The molecular weight excluding hydrogens is 374 g/mol. The molecule has 4 rings (SSSR count). The lowest BCUT2D eigenvalue weighted by atomic mass is 9.81. The minimum Gasteiger partial charge on any atom is -0.491 e. The number of hydrogen-bond acceptors (Lipinski definition) is 4. The third-order valence-corrected chi connectivity index (χ3v) is 6.39. The molecule has 2 aliphatic heterocycles. The fourth-order valence-electron chi connectivity index (χ4n) is 4.95. The number of hydrazine groups is 1. The maximum Gasteiger partial charge on any atom is 0.227 e. The van der Waals surface area contributed by atoms with Crippen LogP contribution < -0.4 is 15.5 Å². The van der Waals surface area contributed by atoms with Gasteiger partial charge in [0.1, 0.15) is 5.75 Å². The van der Waals surface area contributed by atoms with E-state index >= 15 is 0 Å². The molecule has 30 heavy (non-hydrogen) atoms. The molecule has 1 saturated heterocycles. The highest BCUT2D eigenvalue weighted by molar-refractivity contribution is 5.96. The quantitative estimate of drug-likeness (QED) is 0.753. The molecule has 2 aromatic rings. The van der Waals surface area contributed by atoms with E-state index in [0.717, 1.165) is 43.7 Å². The number of amides is 1. The number of carbonyl (C=O) groups is 1. The molecule has 2 atom stereocenters. The highest BCUT2D eigenvalue weighted by Gasteiger charge is 2.32. The van der Waals surface area contributed by atoms with Crippen molar-refractivity contribution in [3.63, 3.8) is 0 Å². The molecule has 160 valence electrons. The van der Waals surface area contributed by atoms with Crippen molar-refractivity contribution in [3.8, 4) is 5.75 Å². The van der Waals surface area contributed by atoms with Gasteiger partial charge in [-0.15, -0.1) is 0 Å². The molecule has 0 aromatic heterocycles. The van der Waals surface area contributed by atoms with E-state index in [2.05, 4.69) is 50.2 Å². The fourth-order valence-corrected chi connectivity index (χ4v) is 4.95. The lowest BCUT2D eigenvalue weighted by Crippen LogP contribution is -2.44. The second-order valence-corrected chi connectivity index (χ2v) is 8.91. The van der Waals surface area contributed by atoms with Crippen LogP contribution in [0.2, 0.25) is 0 Å². The van der Waals surface area contributed by atoms with Crippen molar-refractivity contribution >= 4 is 11.6 Å². The maximum absolute atomic E-state index is 12.3. The third kappa shape index (κ3) is 4.23. The van der Waals surface area contributed by atoms with E-state index < -0.39 is 0 Å². The van der Waals surface area contributed by atoms with Gasteiger partial charge in [0.15, 0.2) is 0 Å². The SMILES string of the molecule is CC(C)Oc1cc2c(cc1CC1CCCN(N)C1c1ccccc1)N(C)C(=O)CC2. The molecule has 1 fully saturated rings. The van der Waals surface area contributed by atoms with Crippen LogP contribution in [0, 0.1) is 5.92 Å². The number of nitrogens with two attached hydrogens (primary N) is 1. The first-order valence-electron chi connectivity index (χ1n) is 11.1. The van der Waals surface area contributed by atoms with Crippen molar-refractivity contribution in [2.75, 3.05) is 18.5 Å². The summed E-state index contributed by atoms with van der Waals surface area (Å²) in [6.45, 7) is 5.04. The molecule has 2 heterocycles. The number of rotatable bonds is 5. The number of anilines is 1. The zero-order valence-electron chi connectivity index (χ0n) is 18.3. The minimum absolute atomic E-state index is 0.104. The van der Waals surface area contributed by atoms with Crippen LogP contribution in [-0.2, 0) is 17.6 Å². The van der Waals surface area contributed by atoms with Crippen LogP contribution in [0.5, 0.6) is 5.75 Å². The standard InChI is InChI=1S/C25H33N3O2/c1-17(2)30-23-16-19-11-12-24(29)27(3)22(19)15-21(23)14-20-10-7-13-28(26)25(20)18-8-5-4-6-9-18/h4-6,8-9,15-17,20,25H,7,10-14,26H2,1-3H3. The zero-order valence-corrected chi connectivity index (χ0v) is 18.3. The molecule has 2 N–H and O–H groups in total. The van der Waals surface area contributed by atoms with Gasteiger partial charge >= 0.3 is 0 Å². The second kappa shape index (κ2) is 8.78. The largest absolute Gasteiger partial charge is 0.491 e. The summed E-state index contributed by atoms with van der Waals surface area (Å²) in [5.41, 5.74) is 4.65. The monoisotopic (exact) mass is 407 g/mol. The van der Waals surface area contributed by atoms with E-state index in [1.165, 1.54) is 16.7 Å². The lowest BCUT2D eigenvalue weighted by Gasteiger charge is -2.39. The number of fused-ring (bicyclic) bond motifs is 1. The summed E-state index contributed by atoms with van der Waals surface area (Å²) in [5, 5.41) is 2.00. The Morgan fingerprint density at radius 3 is 2.67 bits per heavy atom. The normalized spacial score (nSPS) is 22.3. The third-order valence-electron chi connectivity index (χ3n) is 6.39. The Labute approximate surface area is 179 Å². The predicted octanol–water partition coefficient (Wildman–Crippen LogP) is 4.25. The van der Waals surface area contributed by atoms with Crippen LogP contribution in [0.1, 0.15) is 55.8 Å². The summed E-state index contributed by atoms with van der Waals surface area (Å²) in [6.07, 6.45) is 4.54. The van der Waals surface area contributed by atoms with Crippen molar-refractivity contribution in [2.24, 2.45) is 11.8 Å². The Hall–Kier alpha value is -2.37. The number of hydrogen-bond donors (Lipinski definition) is 1. The molecular formula is C25H33N3O2. The molecule has 2 aromatic carbocycles. The van der Waals surface area contributed by atoms with E-state index in [0.29, 0.717) is 12.3 Å². The van der Waals surface area contributed by atoms with Gasteiger partial charge in [-0.2, -0.15) is 0 Å². The Morgan fingerprint density at radius 2 is 1.93 bits per heavy atom. The molecule has 0 saturated carbocycles. The van der Waals surface area contributed by atoms with E-state index in [1.807, 2.05) is 18.1 Å². The Bertz CT molecular complexity index is 897.